The fraction of sp³-hybridized carbons (Fsp3) is 0.440. The van der Waals surface area contributed by atoms with Gasteiger partial charge in [0.25, 0.3) is 0 Å². The monoisotopic (exact) mass is 567 g/mol. The van der Waals surface area contributed by atoms with E-state index in [4.69, 9.17) is 4.74 Å². The van der Waals surface area contributed by atoms with Crippen molar-refractivity contribution in [2.75, 3.05) is 24.2 Å². The summed E-state index contributed by atoms with van der Waals surface area (Å²) in [7, 11) is -2.20. The van der Waals surface area contributed by atoms with Crippen LogP contribution in [0.1, 0.15) is 39.2 Å². The fourth-order valence-electron chi connectivity index (χ4n) is 3.53. The zero-order chi connectivity index (χ0) is 26.2. The minimum absolute atomic E-state index is 0.0522. The van der Waals surface area contributed by atoms with Crippen molar-refractivity contribution in [1.82, 2.24) is 10.2 Å². The maximum atomic E-state index is 13.6. The van der Waals surface area contributed by atoms with Crippen LogP contribution in [-0.4, -0.2) is 57.1 Å². The number of halogens is 1. The van der Waals surface area contributed by atoms with Crippen LogP contribution in [0.2, 0.25) is 0 Å². The first-order chi connectivity index (χ1) is 16.5. The van der Waals surface area contributed by atoms with Crippen molar-refractivity contribution < 1.29 is 22.7 Å². The van der Waals surface area contributed by atoms with Gasteiger partial charge < -0.3 is 15.0 Å². The van der Waals surface area contributed by atoms with Crippen LogP contribution in [0.4, 0.5) is 5.69 Å². The molecule has 2 atom stereocenters. The van der Waals surface area contributed by atoms with Crippen LogP contribution in [0.5, 0.6) is 5.75 Å². The van der Waals surface area contributed by atoms with Crippen molar-refractivity contribution >= 4 is 43.5 Å². The van der Waals surface area contributed by atoms with E-state index in [1.165, 1.54) is 4.90 Å². The van der Waals surface area contributed by atoms with Gasteiger partial charge in [0.2, 0.25) is 21.8 Å². The number of methoxy groups -OCH3 is 1. The summed E-state index contributed by atoms with van der Waals surface area (Å²) in [6, 6.07) is 13.1. The van der Waals surface area contributed by atoms with Gasteiger partial charge in [0.1, 0.15) is 18.3 Å². The van der Waals surface area contributed by atoms with Crippen molar-refractivity contribution in [3.8, 4) is 5.75 Å². The zero-order valence-electron chi connectivity index (χ0n) is 20.8. The van der Waals surface area contributed by atoms with E-state index in [0.29, 0.717) is 22.3 Å². The third-order valence-electron chi connectivity index (χ3n) is 5.67. The largest absolute Gasteiger partial charge is 0.497 e. The summed E-state index contributed by atoms with van der Waals surface area (Å²) in [5, 5.41) is 2.95. The Morgan fingerprint density at radius 1 is 1.09 bits per heavy atom. The van der Waals surface area contributed by atoms with Gasteiger partial charge in [0.15, 0.2) is 0 Å². The number of nitrogens with one attached hydrogen (secondary N) is 1. The van der Waals surface area contributed by atoms with Gasteiger partial charge >= 0.3 is 0 Å². The van der Waals surface area contributed by atoms with Gasteiger partial charge in [-0.2, -0.15) is 0 Å². The summed E-state index contributed by atoms with van der Waals surface area (Å²) >= 11 is 3.35. The number of hydrogen-bond donors (Lipinski definition) is 1. The van der Waals surface area contributed by atoms with Crippen LogP contribution in [-0.2, 0) is 26.2 Å². The minimum atomic E-state index is -3.77. The lowest BCUT2D eigenvalue weighted by Crippen LogP contribution is -2.53. The van der Waals surface area contributed by atoms with Crippen LogP contribution in [0.25, 0.3) is 0 Å². The third kappa shape index (κ3) is 8.24. The molecule has 2 rings (SSSR count). The Bertz CT molecular complexity index is 1110. The van der Waals surface area contributed by atoms with Crippen LogP contribution in [0.15, 0.2) is 53.0 Å². The molecule has 2 unspecified atom stereocenters. The molecule has 10 heteroatoms. The molecule has 1 N–H and O–H groups in total. The van der Waals surface area contributed by atoms with Crippen molar-refractivity contribution in [2.24, 2.45) is 0 Å². The molecular weight excluding hydrogens is 534 g/mol. The van der Waals surface area contributed by atoms with Crippen LogP contribution >= 0.6 is 15.9 Å². The topological polar surface area (TPSA) is 96.0 Å². The highest BCUT2D eigenvalue weighted by Gasteiger charge is 2.32. The molecule has 35 heavy (non-hydrogen) atoms. The number of nitrogens with zero attached hydrogens (tertiary/aromatic N) is 2. The number of carbonyl (C=O) groups is 2. The third-order valence-corrected chi connectivity index (χ3v) is 7.31. The molecule has 8 nitrogen and oxygen atoms in total. The van der Waals surface area contributed by atoms with Crippen molar-refractivity contribution in [1.29, 1.82) is 0 Å². The predicted molar refractivity (Wildman–Crippen MR) is 142 cm³/mol. The quantitative estimate of drug-likeness (QED) is 0.419. The smallest absolute Gasteiger partial charge is 0.244 e. The summed E-state index contributed by atoms with van der Waals surface area (Å²) in [5.74, 6) is -0.0690. The lowest BCUT2D eigenvalue weighted by molar-refractivity contribution is -0.140. The first-order valence-electron chi connectivity index (χ1n) is 11.5. The number of amides is 2. The van der Waals surface area contributed by atoms with Crippen molar-refractivity contribution in [3.05, 3.63) is 58.6 Å². The first kappa shape index (κ1) is 28.6. The minimum Gasteiger partial charge on any atom is -0.497 e. The number of rotatable bonds is 12. The van der Waals surface area contributed by atoms with Gasteiger partial charge in [0, 0.05) is 17.1 Å². The number of benzene rings is 2. The number of carbonyl (C=O) groups excluding carboxylic acids is 2. The van der Waals surface area contributed by atoms with E-state index in [0.717, 1.165) is 22.5 Å². The van der Waals surface area contributed by atoms with Gasteiger partial charge in [-0.15, -0.1) is 0 Å². The average molecular weight is 569 g/mol. The Hall–Kier alpha value is -2.59. The van der Waals surface area contributed by atoms with E-state index in [-0.39, 0.29) is 18.5 Å². The van der Waals surface area contributed by atoms with Crippen LogP contribution in [0.3, 0.4) is 0 Å². The van der Waals surface area contributed by atoms with E-state index in [1.54, 1.807) is 43.5 Å². The second-order valence-electron chi connectivity index (χ2n) is 8.36. The lowest BCUT2D eigenvalue weighted by atomic mass is 10.1. The zero-order valence-corrected chi connectivity index (χ0v) is 23.2. The van der Waals surface area contributed by atoms with Gasteiger partial charge in [-0.25, -0.2) is 8.42 Å². The fourth-order valence-corrected chi connectivity index (χ4v) is 4.76. The molecule has 0 aliphatic rings. The highest BCUT2D eigenvalue weighted by atomic mass is 79.9. The average Bonchev–Trinajstić information content (AvgIpc) is 2.81. The Kier molecular flexibility index (Phi) is 10.6. The van der Waals surface area contributed by atoms with Crippen LogP contribution in [0, 0.1) is 0 Å². The SMILES string of the molecule is CCC(C)NC(=O)C(CC)N(Cc1ccc(OC)cc1)C(=O)CN(c1cccc(Br)c1)S(C)(=O)=O. The maximum Gasteiger partial charge on any atom is 0.244 e. The standard InChI is InChI=1S/C25H34BrN3O5S/c1-6-18(3)27-25(31)23(7-2)28(16-19-11-13-22(34-4)14-12-19)24(30)17-29(35(5,32)33)21-10-8-9-20(26)15-21/h8-15,18,23H,6-7,16-17H2,1-5H3,(H,27,31). The molecule has 0 saturated carbocycles. The Morgan fingerprint density at radius 3 is 2.26 bits per heavy atom. The normalized spacial score (nSPS) is 13.0. The summed E-state index contributed by atoms with van der Waals surface area (Å²) in [6.45, 7) is 5.41. The van der Waals surface area contributed by atoms with Gasteiger partial charge in [0.05, 0.1) is 19.1 Å². The highest BCUT2D eigenvalue weighted by molar-refractivity contribution is 9.10. The molecule has 0 heterocycles. The van der Waals surface area contributed by atoms with E-state index in [9.17, 15) is 18.0 Å². The van der Waals surface area contributed by atoms with Gasteiger partial charge in [-0.1, -0.05) is 48.0 Å². The van der Waals surface area contributed by atoms with E-state index in [2.05, 4.69) is 21.2 Å². The molecule has 0 aliphatic carbocycles. The van der Waals surface area contributed by atoms with Crippen molar-refractivity contribution in [2.45, 2.75) is 52.2 Å². The number of sulfonamides is 1. The molecule has 0 bridgehead atoms. The molecule has 2 amide bonds. The van der Waals surface area contributed by atoms with E-state index >= 15 is 0 Å². The van der Waals surface area contributed by atoms with Gasteiger partial charge in [-0.3, -0.25) is 13.9 Å². The first-order valence-corrected chi connectivity index (χ1v) is 14.1. The maximum absolute atomic E-state index is 13.6. The molecule has 0 aromatic heterocycles. The predicted octanol–water partition coefficient (Wildman–Crippen LogP) is 3.95. The Labute approximate surface area is 216 Å². The molecule has 0 aliphatic heterocycles. The number of hydrogen-bond acceptors (Lipinski definition) is 5. The second-order valence-corrected chi connectivity index (χ2v) is 11.2. The van der Waals surface area contributed by atoms with E-state index in [1.807, 2.05) is 32.9 Å². The van der Waals surface area contributed by atoms with Crippen molar-refractivity contribution in [3.63, 3.8) is 0 Å². The van der Waals surface area contributed by atoms with Gasteiger partial charge in [-0.05, 0) is 55.7 Å². The highest BCUT2D eigenvalue weighted by Crippen LogP contribution is 2.23. The molecule has 0 radical (unpaired) electrons. The van der Waals surface area contributed by atoms with Crippen LogP contribution < -0.4 is 14.4 Å². The second kappa shape index (κ2) is 12.9. The molecule has 0 spiro atoms. The molecule has 2 aromatic rings. The Balaban J connectivity index is 2.43. The molecular formula is C25H34BrN3O5S. The number of anilines is 1. The summed E-state index contributed by atoms with van der Waals surface area (Å²) in [4.78, 5) is 28.2. The summed E-state index contributed by atoms with van der Waals surface area (Å²) in [6.07, 6.45) is 2.18. The Morgan fingerprint density at radius 2 is 1.74 bits per heavy atom. The summed E-state index contributed by atoms with van der Waals surface area (Å²) < 4.78 is 32.2. The van der Waals surface area contributed by atoms with E-state index < -0.39 is 28.5 Å². The molecule has 2 aromatic carbocycles. The number of ether oxygens (including phenoxy) is 1. The molecule has 192 valence electrons. The lowest BCUT2D eigenvalue weighted by Gasteiger charge is -2.33. The molecule has 0 saturated heterocycles. The summed E-state index contributed by atoms with van der Waals surface area (Å²) in [5.41, 5.74) is 1.15. The molecule has 0 fully saturated rings.